The summed E-state index contributed by atoms with van der Waals surface area (Å²) in [5.74, 6) is -1.45. The number of carboxylic acid groups (broad SMARTS) is 1. The molecule has 0 aromatic heterocycles. The number of hydrogen-bond acceptors (Lipinski definition) is 3. The number of likely N-dealkylation sites (tertiary alicyclic amines) is 1. The molecule has 0 spiro atoms. The first-order chi connectivity index (χ1) is 13.1. The van der Waals surface area contributed by atoms with Crippen molar-refractivity contribution in [2.75, 3.05) is 13.2 Å². The molecule has 5 nitrogen and oxygen atoms in total. The van der Waals surface area contributed by atoms with Crippen LogP contribution in [0.5, 0.6) is 0 Å². The fraction of sp³-hybridized carbons (Fsp3) is 0.333. The third-order valence-corrected chi connectivity index (χ3v) is 5.38. The van der Waals surface area contributed by atoms with Crippen molar-refractivity contribution >= 4 is 12.1 Å². The molecule has 2 aromatic carbocycles. The molecule has 0 saturated carbocycles. The van der Waals surface area contributed by atoms with E-state index in [4.69, 9.17) is 4.74 Å². The summed E-state index contributed by atoms with van der Waals surface area (Å²) in [6.45, 7) is 0.278. The van der Waals surface area contributed by atoms with Gasteiger partial charge in [-0.25, -0.2) is 14.0 Å². The Bertz CT molecular complexity index is 838. The minimum atomic E-state index is -1.57. The normalized spacial score (nSPS) is 21.4. The van der Waals surface area contributed by atoms with E-state index in [9.17, 15) is 19.1 Å². The number of rotatable bonds is 3. The average Bonchev–Trinajstić information content (AvgIpc) is 2.99. The number of fused-ring (bicyclic) bond motifs is 3. The van der Waals surface area contributed by atoms with Crippen LogP contribution in [0, 0.1) is 0 Å². The highest BCUT2D eigenvalue weighted by molar-refractivity contribution is 5.81. The number of alkyl halides is 1. The SMILES string of the molecule is O=C(O)[C@@H]1[C@H](F)CCCN1C(=O)OCC1c2ccccc2-c2ccccc21. The van der Waals surface area contributed by atoms with Gasteiger partial charge in [-0.05, 0) is 35.1 Å². The average molecular weight is 369 g/mol. The van der Waals surface area contributed by atoms with E-state index in [0.29, 0.717) is 6.42 Å². The zero-order chi connectivity index (χ0) is 19.0. The lowest BCUT2D eigenvalue weighted by Gasteiger charge is -2.34. The molecule has 2 aromatic rings. The van der Waals surface area contributed by atoms with Gasteiger partial charge in [0.2, 0.25) is 0 Å². The lowest BCUT2D eigenvalue weighted by molar-refractivity contribution is -0.146. The Morgan fingerprint density at radius 3 is 2.26 bits per heavy atom. The van der Waals surface area contributed by atoms with Crippen molar-refractivity contribution in [3.63, 3.8) is 0 Å². The number of amides is 1. The Balaban J connectivity index is 1.53. The van der Waals surface area contributed by atoms with Crippen LogP contribution in [0.15, 0.2) is 48.5 Å². The molecular weight excluding hydrogens is 349 g/mol. The second-order valence-corrected chi connectivity index (χ2v) is 6.94. The number of hydrogen-bond donors (Lipinski definition) is 1. The topological polar surface area (TPSA) is 66.8 Å². The van der Waals surface area contributed by atoms with Gasteiger partial charge in [0.1, 0.15) is 12.8 Å². The highest BCUT2D eigenvalue weighted by Gasteiger charge is 2.41. The van der Waals surface area contributed by atoms with Crippen LogP contribution in [-0.2, 0) is 9.53 Å². The summed E-state index contributed by atoms with van der Waals surface area (Å²) in [5.41, 5.74) is 4.37. The number of piperidine rings is 1. The van der Waals surface area contributed by atoms with Crippen LogP contribution >= 0.6 is 0 Å². The number of aliphatic carboxylic acids is 1. The summed E-state index contributed by atoms with van der Waals surface area (Å²) in [7, 11) is 0. The van der Waals surface area contributed by atoms with Crippen molar-refractivity contribution in [2.45, 2.75) is 31.0 Å². The summed E-state index contributed by atoms with van der Waals surface area (Å²) in [5, 5.41) is 9.28. The van der Waals surface area contributed by atoms with E-state index in [-0.39, 0.29) is 25.5 Å². The summed E-state index contributed by atoms with van der Waals surface area (Å²) in [6, 6.07) is 14.4. The minimum absolute atomic E-state index is 0.0899. The zero-order valence-electron chi connectivity index (χ0n) is 14.7. The van der Waals surface area contributed by atoms with Crippen molar-refractivity contribution < 1.29 is 23.8 Å². The molecule has 27 heavy (non-hydrogen) atoms. The Morgan fingerprint density at radius 1 is 1.07 bits per heavy atom. The van der Waals surface area contributed by atoms with E-state index < -0.39 is 24.3 Å². The number of nitrogens with zero attached hydrogens (tertiary/aromatic N) is 1. The van der Waals surface area contributed by atoms with E-state index in [1.165, 1.54) is 0 Å². The summed E-state index contributed by atoms with van der Waals surface area (Å²) < 4.78 is 19.5. The maximum Gasteiger partial charge on any atom is 0.410 e. The fourth-order valence-electron chi connectivity index (χ4n) is 4.12. The van der Waals surface area contributed by atoms with E-state index in [1.54, 1.807) is 0 Å². The van der Waals surface area contributed by atoms with E-state index in [1.807, 2.05) is 48.5 Å². The summed E-state index contributed by atoms with van der Waals surface area (Å²) in [6.07, 6.45) is -1.78. The number of carbonyl (C=O) groups is 2. The molecule has 2 atom stereocenters. The summed E-state index contributed by atoms with van der Waals surface area (Å²) in [4.78, 5) is 24.9. The Labute approximate surface area is 156 Å². The predicted molar refractivity (Wildman–Crippen MR) is 97.3 cm³/mol. The lowest BCUT2D eigenvalue weighted by Crippen LogP contribution is -2.54. The second kappa shape index (κ2) is 7.02. The van der Waals surface area contributed by atoms with E-state index >= 15 is 0 Å². The molecule has 0 unspecified atom stereocenters. The monoisotopic (exact) mass is 369 g/mol. The van der Waals surface area contributed by atoms with Crippen LogP contribution in [0.2, 0.25) is 0 Å². The molecule has 1 aliphatic carbocycles. The molecule has 1 heterocycles. The van der Waals surface area contributed by atoms with Gasteiger partial charge in [-0.1, -0.05) is 48.5 Å². The van der Waals surface area contributed by atoms with Crippen LogP contribution in [0.25, 0.3) is 11.1 Å². The Hall–Kier alpha value is -2.89. The molecule has 1 fully saturated rings. The quantitative estimate of drug-likeness (QED) is 0.893. The van der Waals surface area contributed by atoms with Gasteiger partial charge < -0.3 is 9.84 Å². The number of benzene rings is 2. The number of halogens is 1. The standard InChI is InChI=1S/C21H20FNO4/c22-18-10-5-11-23(19(18)20(24)25)21(26)27-12-17-15-8-3-1-6-13(15)14-7-2-4-9-16(14)17/h1-4,6-9,17-19H,5,10-12H2,(H,24,25)/t18-,19+/m1/s1. The molecule has 4 rings (SSSR count). The van der Waals surface area contributed by atoms with Crippen LogP contribution < -0.4 is 0 Å². The molecule has 0 radical (unpaired) electrons. The van der Waals surface area contributed by atoms with Crippen LogP contribution in [0.4, 0.5) is 9.18 Å². The molecule has 1 amide bonds. The molecule has 1 saturated heterocycles. The van der Waals surface area contributed by atoms with E-state index in [0.717, 1.165) is 27.2 Å². The molecule has 6 heteroatoms. The smallest absolute Gasteiger partial charge is 0.410 e. The maximum atomic E-state index is 14.0. The van der Waals surface area contributed by atoms with Crippen molar-refractivity contribution in [3.05, 3.63) is 59.7 Å². The largest absolute Gasteiger partial charge is 0.480 e. The number of ether oxygens (including phenoxy) is 1. The van der Waals surface area contributed by atoms with Gasteiger partial charge in [-0.3, -0.25) is 4.90 Å². The molecule has 140 valence electrons. The molecular formula is C21H20FNO4. The molecule has 1 aliphatic heterocycles. The van der Waals surface area contributed by atoms with Crippen molar-refractivity contribution in [3.8, 4) is 11.1 Å². The van der Waals surface area contributed by atoms with Crippen molar-refractivity contribution in [1.29, 1.82) is 0 Å². The molecule has 1 N–H and O–H groups in total. The number of carbonyl (C=O) groups excluding carboxylic acids is 1. The van der Waals surface area contributed by atoms with Gasteiger partial charge in [-0.15, -0.1) is 0 Å². The van der Waals surface area contributed by atoms with Gasteiger partial charge in [0, 0.05) is 12.5 Å². The first-order valence-corrected chi connectivity index (χ1v) is 9.06. The third-order valence-electron chi connectivity index (χ3n) is 5.38. The van der Waals surface area contributed by atoms with Crippen molar-refractivity contribution in [2.24, 2.45) is 0 Å². The molecule has 0 bridgehead atoms. The molecule has 2 aliphatic rings. The lowest BCUT2D eigenvalue weighted by atomic mass is 9.98. The third kappa shape index (κ3) is 3.05. The van der Waals surface area contributed by atoms with Crippen LogP contribution in [0.3, 0.4) is 0 Å². The van der Waals surface area contributed by atoms with Gasteiger partial charge in [-0.2, -0.15) is 0 Å². The van der Waals surface area contributed by atoms with Gasteiger partial charge in [0.05, 0.1) is 0 Å². The van der Waals surface area contributed by atoms with Gasteiger partial charge in [0.15, 0.2) is 6.04 Å². The van der Waals surface area contributed by atoms with E-state index in [2.05, 4.69) is 0 Å². The zero-order valence-corrected chi connectivity index (χ0v) is 14.7. The predicted octanol–water partition coefficient (Wildman–Crippen LogP) is 3.82. The van der Waals surface area contributed by atoms with Gasteiger partial charge in [0.25, 0.3) is 0 Å². The Morgan fingerprint density at radius 2 is 1.67 bits per heavy atom. The number of carboxylic acids is 1. The summed E-state index contributed by atoms with van der Waals surface area (Å²) >= 11 is 0. The minimum Gasteiger partial charge on any atom is -0.480 e. The highest BCUT2D eigenvalue weighted by atomic mass is 19.1. The Kier molecular flexibility index (Phi) is 4.56. The first kappa shape index (κ1) is 17.5. The maximum absolute atomic E-state index is 14.0. The highest BCUT2D eigenvalue weighted by Crippen LogP contribution is 2.44. The van der Waals surface area contributed by atoms with Crippen LogP contribution in [0.1, 0.15) is 29.9 Å². The van der Waals surface area contributed by atoms with Crippen LogP contribution in [-0.4, -0.2) is 47.4 Å². The van der Waals surface area contributed by atoms with Gasteiger partial charge >= 0.3 is 12.1 Å². The fourth-order valence-corrected chi connectivity index (χ4v) is 4.12. The van der Waals surface area contributed by atoms with Crippen molar-refractivity contribution in [1.82, 2.24) is 4.90 Å². The first-order valence-electron chi connectivity index (χ1n) is 9.06. The second-order valence-electron chi connectivity index (χ2n) is 6.94.